The van der Waals surface area contributed by atoms with Crippen LogP contribution in [0.4, 0.5) is 5.69 Å². The minimum Gasteiger partial charge on any atom is -0.323 e. The third-order valence-electron chi connectivity index (χ3n) is 3.86. The van der Waals surface area contributed by atoms with E-state index in [9.17, 15) is 4.79 Å². The van der Waals surface area contributed by atoms with Crippen LogP contribution in [0.5, 0.6) is 0 Å². The lowest BCUT2D eigenvalue weighted by Crippen LogP contribution is -2.15. The van der Waals surface area contributed by atoms with Gasteiger partial charge >= 0.3 is 0 Å². The van der Waals surface area contributed by atoms with Crippen molar-refractivity contribution in [3.8, 4) is 5.95 Å². The van der Waals surface area contributed by atoms with E-state index < -0.39 is 0 Å². The summed E-state index contributed by atoms with van der Waals surface area (Å²) in [4.78, 5) is 20.8. The van der Waals surface area contributed by atoms with Crippen LogP contribution in [-0.2, 0) is 11.2 Å². The molecule has 0 aliphatic rings. The molecule has 25 heavy (non-hydrogen) atoms. The Kier molecular flexibility index (Phi) is 3.92. The Hall–Kier alpha value is -3.54. The standard InChI is InChI=1S/C19H15N5O/c25-18(11-15-7-3-6-14-5-1-2-8-17(14)15)23-16-12-20-19(21-13-16)24-10-4-9-22-24/h1-10,12-13H,11H2,(H,23,25). The molecule has 6 nitrogen and oxygen atoms in total. The molecule has 0 radical (unpaired) electrons. The molecule has 0 saturated carbocycles. The summed E-state index contributed by atoms with van der Waals surface area (Å²) in [7, 11) is 0. The van der Waals surface area contributed by atoms with Gasteiger partial charge in [-0.25, -0.2) is 14.6 Å². The molecule has 2 heterocycles. The first kappa shape index (κ1) is 15.0. The van der Waals surface area contributed by atoms with Gasteiger partial charge in [-0.3, -0.25) is 4.79 Å². The van der Waals surface area contributed by atoms with Crippen molar-refractivity contribution in [1.29, 1.82) is 0 Å². The fourth-order valence-electron chi connectivity index (χ4n) is 2.72. The van der Waals surface area contributed by atoms with E-state index in [0.29, 0.717) is 18.1 Å². The summed E-state index contributed by atoms with van der Waals surface area (Å²) < 4.78 is 1.56. The second-order valence-corrected chi connectivity index (χ2v) is 5.59. The summed E-state index contributed by atoms with van der Waals surface area (Å²) in [5, 5.41) is 9.11. The molecule has 0 aliphatic heterocycles. The van der Waals surface area contributed by atoms with Crippen molar-refractivity contribution in [3.05, 3.63) is 78.9 Å². The van der Waals surface area contributed by atoms with E-state index in [0.717, 1.165) is 16.3 Å². The second kappa shape index (κ2) is 6.52. The van der Waals surface area contributed by atoms with Crippen LogP contribution in [0.1, 0.15) is 5.56 Å². The maximum atomic E-state index is 12.4. The molecule has 2 aromatic carbocycles. The minimum absolute atomic E-state index is 0.105. The number of anilines is 1. The summed E-state index contributed by atoms with van der Waals surface area (Å²) in [6.45, 7) is 0. The van der Waals surface area contributed by atoms with E-state index in [4.69, 9.17) is 0 Å². The molecule has 1 amide bonds. The molecule has 0 fully saturated rings. The van der Waals surface area contributed by atoms with Crippen molar-refractivity contribution >= 4 is 22.4 Å². The van der Waals surface area contributed by atoms with Crippen LogP contribution in [0.2, 0.25) is 0 Å². The van der Waals surface area contributed by atoms with Crippen LogP contribution in [0.3, 0.4) is 0 Å². The Bertz CT molecular complexity index is 1000. The van der Waals surface area contributed by atoms with Crippen LogP contribution in [0, 0.1) is 0 Å². The molecule has 0 unspecified atom stereocenters. The quantitative estimate of drug-likeness (QED) is 0.625. The fraction of sp³-hybridized carbons (Fsp3) is 0.0526. The molecule has 4 aromatic rings. The maximum Gasteiger partial charge on any atom is 0.250 e. The van der Waals surface area contributed by atoms with Crippen LogP contribution in [0.25, 0.3) is 16.7 Å². The smallest absolute Gasteiger partial charge is 0.250 e. The van der Waals surface area contributed by atoms with Gasteiger partial charge in [0.1, 0.15) is 0 Å². The molecular formula is C19H15N5O. The van der Waals surface area contributed by atoms with Crippen LogP contribution in [-0.4, -0.2) is 25.7 Å². The zero-order valence-corrected chi connectivity index (χ0v) is 13.3. The first-order valence-electron chi connectivity index (χ1n) is 7.88. The third kappa shape index (κ3) is 3.23. The van der Waals surface area contributed by atoms with Crippen molar-refractivity contribution in [1.82, 2.24) is 19.7 Å². The van der Waals surface area contributed by atoms with E-state index in [1.807, 2.05) is 42.5 Å². The van der Waals surface area contributed by atoms with Crippen molar-refractivity contribution in [3.63, 3.8) is 0 Å². The highest BCUT2D eigenvalue weighted by molar-refractivity contribution is 5.96. The van der Waals surface area contributed by atoms with Crippen molar-refractivity contribution in [2.75, 3.05) is 5.32 Å². The van der Waals surface area contributed by atoms with E-state index >= 15 is 0 Å². The molecule has 0 spiro atoms. The molecular weight excluding hydrogens is 314 g/mol. The Balaban J connectivity index is 1.48. The van der Waals surface area contributed by atoms with E-state index in [2.05, 4.69) is 20.4 Å². The van der Waals surface area contributed by atoms with Gasteiger partial charge in [0.05, 0.1) is 24.5 Å². The lowest BCUT2D eigenvalue weighted by Gasteiger charge is -2.08. The fourth-order valence-corrected chi connectivity index (χ4v) is 2.72. The van der Waals surface area contributed by atoms with Gasteiger partial charge in [-0.1, -0.05) is 42.5 Å². The number of hydrogen-bond donors (Lipinski definition) is 1. The van der Waals surface area contributed by atoms with Crippen LogP contribution >= 0.6 is 0 Å². The maximum absolute atomic E-state index is 12.4. The highest BCUT2D eigenvalue weighted by Gasteiger charge is 2.08. The Morgan fingerprint density at radius 2 is 1.80 bits per heavy atom. The lowest BCUT2D eigenvalue weighted by atomic mass is 10.0. The van der Waals surface area contributed by atoms with Gasteiger partial charge in [0, 0.05) is 12.4 Å². The van der Waals surface area contributed by atoms with Gasteiger partial charge in [-0.05, 0) is 22.4 Å². The number of nitrogens with one attached hydrogen (secondary N) is 1. The number of hydrogen-bond acceptors (Lipinski definition) is 4. The number of rotatable bonds is 4. The van der Waals surface area contributed by atoms with Crippen LogP contribution < -0.4 is 5.32 Å². The first-order valence-corrected chi connectivity index (χ1v) is 7.88. The summed E-state index contributed by atoms with van der Waals surface area (Å²) >= 11 is 0. The van der Waals surface area contributed by atoms with Gasteiger partial charge in [0.15, 0.2) is 0 Å². The number of benzene rings is 2. The number of fused-ring (bicyclic) bond motifs is 1. The number of aromatic nitrogens is 4. The molecule has 4 rings (SSSR count). The normalized spacial score (nSPS) is 10.7. The van der Waals surface area contributed by atoms with Gasteiger partial charge in [-0.2, -0.15) is 5.10 Å². The monoisotopic (exact) mass is 329 g/mol. The van der Waals surface area contributed by atoms with Gasteiger partial charge < -0.3 is 5.32 Å². The number of carbonyl (C=O) groups is 1. The molecule has 0 saturated heterocycles. The molecule has 0 atom stereocenters. The van der Waals surface area contributed by atoms with Gasteiger partial charge in [-0.15, -0.1) is 0 Å². The topological polar surface area (TPSA) is 72.7 Å². The number of carbonyl (C=O) groups excluding carboxylic acids is 1. The highest BCUT2D eigenvalue weighted by Crippen LogP contribution is 2.19. The lowest BCUT2D eigenvalue weighted by molar-refractivity contribution is -0.115. The van der Waals surface area contributed by atoms with Crippen LogP contribution in [0.15, 0.2) is 73.3 Å². The summed E-state index contributed by atoms with van der Waals surface area (Å²) in [6, 6.07) is 15.8. The Labute approximate surface area is 144 Å². The molecule has 0 aliphatic carbocycles. The molecule has 6 heteroatoms. The molecule has 2 aromatic heterocycles. The SMILES string of the molecule is O=C(Cc1cccc2ccccc12)Nc1cnc(-n2cccn2)nc1. The molecule has 0 bridgehead atoms. The predicted octanol–water partition coefficient (Wildman–Crippen LogP) is 3.00. The zero-order valence-electron chi connectivity index (χ0n) is 13.3. The van der Waals surface area contributed by atoms with E-state index in [1.165, 1.54) is 0 Å². The summed E-state index contributed by atoms with van der Waals surface area (Å²) in [5.41, 5.74) is 1.55. The van der Waals surface area contributed by atoms with Crippen molar-refractivity contribution < 1.29 is 4.79 Å². The average molecular weight is 329 g/mol. The van der Waals surface area contributed by atoms with Gasteiger partial charge in [0.2, 0.25) is 5.91 Å². The zero-order chi connectivity index (χ0) is 17.1. The highest BCUT2D eigenvalue weighted by atomic mass is 16.1. The van der Waals surface area contributed by atoms with E-state index in [1.54, 1.807) is 35.5 Å². The van der Waals surface area contributed by atoms with Crippen molar-refractivity contribution in [2.45, 2.75) is 6.42 Å². The minimum atomic E-state index is -0.105. The number of amides is 1. The molecule has 1 N–H and O–H groups in total. The second-order valence-electron chi connectivity index (χ2n) is 5.59. The first-order chi connectivity index (χ1) is 12.3. The molecule has 122 valence electrons. The van der Waals surface area contributed by atoms with Gasteiger partial charge in [0.25, 0.3) is 5.95 Å². The van der Waals surface area contributed by atoms with E-state index in [-0.39, 0.29) is 5.91 Å². The summed E-state index contributed by atoms with van der Waals surface area (Å²) in [5.74, 6) is 0.351. The summed E-state index contributed by atoms with van der Waals surface area (Å²) in [6.07, 6.45) is 6.86. The average Bonchev–Trinajstić information content (AvgIpc) is 3.17. The third-order valence-corrected chi connectivity index (χ3v) is 3.86. The predicted molar refractivity (Wildman–Crippen MR) is 95.4 cm³/mol. The Morgan fingerprint density at radius 3 is 2.60 bits per heavy atom. The largest absolute Gasteiger partial charge is 0.323 e. The number of nitrogens with zero attached hydrogens (tertiary/aromatic N) is 4. The Morgan fingerprint density at radius 1 is 1.00 bits per heavy atom. The van der Waals surface area contributed by atoms with Crippen molar-refractivity contribution in [2.24, 2.45) is 0 Å².